The number of carbonyl (C=O) groups excluding carboxylic acids is 2. The van der Waals surface area contributed by atoms with Gasteiger partial charge in [0.1, 0.15) is 29.5 Å². The highest BCUT2D eigenvalue weighted by Crippen LogP contribution is 2.60. The largest absolute Gasteiger partial charge is 0.459 e. The van der Waals surface area contributed by atoms with E-state index in [1.54, 1.807) is 20.8 Å². The number of methoxy groups -OCH3 is 1. The summed E-state index contributed by atoms with van der Waals surface area (Å²) < 4.78 is 43.2. The van der Waals surface area contributed by atoms with Gasteiger partial charge in [-0.15, -0.1) is 0 Å². The quantitative estimate of drug-likeness (QED) is 0.252. The Hall–Kier alpha value is -1.26. The van der Waals surface area contributed by atoms with Gasteiger partial charge < -0.3 is 54.2 Å². The summed E-state index contributed by atoms with van der Waals surface area (Å²) in [5.41, 5.74) is 2.70. The van der Waals surface area contributed by atoms with Crippen molar-refractivity contribution in [3.63, 3.8) is 0 Å². The Balaban J connectivity index is 1.56. The van der Waals surface area contributed by atoms with Gasteiger partial charge in [-0.2, -0.15) is 0 Å². The predicted octanol–water partition coefficient (Wildman–Crippen LogP) is 1.55. The number of nitrogens with two attached hydrogens (primary N) is 1. The minimum Gasteiger partial charge on any atom is -0.459 e. The fourth-order valence-corrected chi connectivity index (χ4v) is 8.67. The van der Waals surface area contributed by atoms with E-state index < -0.39 is 89.2 Å². The van der Waals surface area contributed by atoms with Crippen molar-refractivity contribution in [1.29, 1.82) is 0 Å². The van der Waals surface area contributed by atoms with E-state index in [-0.39, 0.29) is 43.3 Å². The standard InChI is InChI=1S/C33H55NO12/c1-10-21-31(8,39)26(36)17(4)24(35)15(2)13-30(7,38)27(43-22-12-20(34)11-16(3)41-22)18(5)25-23(29(37)42-21)32(45-25)14-33(40-9)28(46-33)19(6)44-32/h15-23,25-28,36,38-39H,10-14,34H2,1-9H3/t15-,16?,17+,18+,19?,20?,21-,22?,23-,25+,26-,27-,28?,30+,31-,32?,33?/m1/s1. The van der Waals surface area contributed by atoms with Gasteiger partial charge in [0.25, 0.3) is 0 Å². The number of Topliss-reactive ketones (excluding diaryl/α,β-unsaturated/α-hetero) is 1. The van der Waals surface area contributed by atoms with E-state index in [9.17, 15) is 24.9 Å². The number of aliphatic hydroxyl groups excluding tert-OH is 1. The first kappa shape index (κ1) is 36.0. The second kappa shape index (κ2) is 12.6. The molecule has 0 aromatic heterocycles. The Morgan fingerprint density at radius 2 is 1.70 bits per heavy atom. The van der Waals surface area contributed by atoms with E-state index in [0.717, 1.165) is 0 Å². The van der Waals surface area contributed by atoms with Gasteiger partial charge in [0, 0.05) is 37.3 Å². The van der Waals surface area contributed by atoms with Crippen LogP contribution in [0.2, 0.25) is 0 Å². The van der Waals surface area contributed by atoms with Crippen molar-refractivity contribution in [3.8, 4) is 0 Å². The minimum atomic E-state index is -1.97. The number of cyclic esters (lactones) is 1. The molecule has 0 aliphatic carbocycles. The van der Waals surface area contributed by atoms with Gasteiger partial charge in [-0.3, -0.25) is 9.59 Å². The molecule has 17 atom stereocenters. The number of hydrogen-bond donors (Lipinski definition) is 4. The first-order valence-corrected chi connectivity index (χ1v) is 16.8. The lowest BCUT2D eigenvalue weighted by molar-refractivity contribution is -0.420. The van der Waals surface area contributed by atoms with Crippen molar-refractivity contribution in [3.05, 3.63) is 0 Å². The van der Waals surface area contributed by atoms with E-state index in [1.165, 1.54) is 21.0 Å². The second-order valence-electron chi connectivity index (χ2n) is 15.1. The van der Waals surface area contributed by atoms with Crippen LogP contribution in [0.1, 0.15) is 87.5 Å². The lowest BCUT2D eigenvalue weighted by atomic mass is 9.69. The van der Waals surface area contributed by atoms with E-state index >= 15 is 0 Å². The van der Waals surface area contributed by atoms with Crippen LogP contribution < -0.4 is 5.73 Å². The molecule has 0 aromatic rings. The number of fused-ring (bicyclic) bond motifs is 3. The van der Waals surface area contributed by atoms with E-state index in [4.69, 9.17) is 38.9 Å². The van der Waals surface area contributed by atoms with Crippen molar-refractivity contribution in [2.75, 3.05) is 7.11 Å². The first-order valence-electron chi connectivity index (χ1n) is 16.8. The normalized spacial score (nSPS) is 55.0. The van der Waals surface area contributed by atoms with Crippen LogP contribution in [-0.2, 0) is 42.7 Å². The summed E-state index contributed by atoms with van der Waals surface area (Å²) in [6.45, 7) is 13.4. The molecule has 13 heteroatoms. The minimum absolute atomic E-state index is 0.0333. The van der Waals surface area contributed by atoms with E-state index in [2.05, 4.69) is 0 Å². The molecule has 5 aliphatic rings. The summed E-state index contributed by atoms with van der Waals surface area (Å²) in [6.07, 6.45) is -5.04. The zero-order valence-electron chi connectivity index (χ0n) is 28.6. The zero-order chi connectivity index (χ0) is 34.1. The third kappa shape index (κ3) is 6.18. The number of hydrogen-bond acceptors (Lipinski definition) is 13. The average molecular weight is 658 g/mol. The maximum absolute atomic E-state index is 14.3. The summed E-state index contributed by atoms with van der Waals surface area (Å²) >= 11 is 0. The molecular formula is C33H55NO12. The Labute approximate surface area is 271 Å². The monoisotopic (exact) mass is 657 g/mol. The predicted molar refractivity (Wildman–Crippen MR) is 162 cm³/mol. The number of rotatable bonds is 4. The first-order chi connectivity index (χ1) is 21.3. The number of ether oxygens (including phenoxy) is 7. The summed E-state index contributed by atoms with van der Waals surface area (Å²) in [7, 11) is 1.53. The van der Waals surface area contributed by atoms with Gasteiger partial charge in [-0.05, 0) is 47.0 Å². The van der Waals surface area contributed by atoms with Crippen LogP contribution in [0.3, 0.4) is 0 Å². The number of esters is 1. The van der Waals surface area contributed by atoms with Crippen LogP contribution in [0.5, 0.6) is 0 Å². The van der Waals surface area contributed by atoms with Crippen LogP contribution in [-0.4, -0.2) is 112 Å². The molecule has 0 saturated carbocycles. The zero-order valence-corrected chi connectivity index (χ0v) is 28.6. The smallest absolute Gasteiger partial charge is 0.317 e. The molecular weight excluding hydrogens is 602 g/mol. The molecule has 264 valence electrons. The lowest BCUT2D eigenvalue weighted by Gasteiger charge is -2.58. The molecule has 0 aromatic carbocycles. The number of ketones is 1. The number of epoxide rings is 1. The highest BCUT2D eigenvalue weighted by Gasteiger charge is 2.76. The van der Waals surface area contributed by atoms with Crippen LogP contribution in [0.4, 0.5) is 0 Å². The summed E-state index contributed by atoms with van der Waals surface area (Å²) in [5, 5.41) is 35.1. The van der Waals surface area contributed by atoms with Crippen molar-refractivity contribution < 1.29 is 58.1 Å². The second-order valence-corrected chi connectivity index (χ2v) is 15.1. The Kier molecular flexibility index (Phi) is 9.84. The molecule has 0 bridgehead atoms. The third-order valence-electron chi connectivity index (χ3n) is 11.2. The van der Waals surface area contributed by atoms with Crippen LogP contribution in [0, 0.1) is 23.7 Å². The van der Waals surface area contributed by atoms with Gasteiger partial charge in [-0.25, -0.2) is 0 Å². The Bertz CT molecular complexity index is 1140. The summed E-state index contributed by atoms with van der Waals surface area (Å²) in [5.74, 6) is -7.01. The van der Waals surface area contributed by atoms with Crippen molar-refractivity contribution in [2.24, 2.45) is 29.4 Å². The highest BCUT2D eigenvalue weighted by atomic mass is 16.8. The molecule has 5 heterocycles. The van der Waals surface area contributed by atoms with Crippen LogP contribution in [0.25, 0.3) is 0 Å². The van der Waals surface area contributed by atoms with Crippen molar-refractivity contribution in [1.82, 2.24) is 0 Å². The maximum atomic E-state index is 14.3. The number of carbonyl (C=O) groups is 2. The SMILES string of the molecule is CC[C@H]1OC(=O)[C@H]2[C@@H](OC23CC2(OC)OC2C(C)O3)[C@H](C)[C@@H](OC2CC(N)CC(C)O2)[C@@](C)(O)C[C@@H](C)C(=O)[C@H](C)[C@@H](O)[C@]1(C)O. The third-order valence-corrected chi connectivity index (χ3v) is 11.2. The number of aliphatic hydroxyl groups is 3. The van der Waals surface area contributed by atoms with E-state index in [1.807, 2.05) is 20.8 Å². The molecule has 13 nitrogen and oxygen atoms in total. The Morgan fingerprint density at radius 1 is 1.02 bits per heavy atom. The molecule has 5 fully saturated rings. The van der Waals surface area contributed by atoms with Gasteiger partial charge in [-0.1, -0.05) is 27.7 Å². The van der Waals surface area contributed by atoms with Gasteiger partial charge in [0.15, 0.2) is 12.1 Å². The molecule has 5 saturated heterocycles. The fourth-order valence-electron chi connectivity index (χ4n) is 8.67. The van der Waals surface area contributed by atoms with Crippen molar-refractivity contribution in [2.45, 2.75) is 165 Å². The Morgan fingerprint density at radius 3 is 2.30 bits per heavy atom. The topological polar surface area (TPSA) is 189 Å². The van der Waals surface area contributed by atoms with Gasteiger partial charge in [0.05, 0.1) is 42.5 Å². The molecule has 7 unspecified atom stereocenters. The maximum Gasteiger partial charge on any atom is 0.317 e. The highest BCUT2D eigenvalue weighted by molar-refractivity contribution is 5.83. The average Bonchev–Trinajstić information content (AvgIpc) is 3.70. The summed E-state index contributed by atoms with van der Waals surface area (Å²) in [6, 6.07) is -0.172. The molecule has 5 aliphatic heterocycles. The van der Waals surface area contributed by atoms with Gasteiger partial charge >= 0.3 is 5.97 Å². The van der Waals surface area contributed by atoms with Crippen LogP contribution >= 0.6 is 0 Å². The molecule has 46 heavy (non-hydrogen) atoms. The molecule has 1 spiro atoms. The molecule has 0 radical (unpaired) electrons. The fraction of sp³-hybridized carbons (Fsp3) is 0.939. The van der Waals surface area contributed by atoms with Crippen molar-refractivity contribution >= 4 is 11.8 Å². The van der Waals surface area contributed by atoms with E-state index in [0.29, 0.717) is 12.8 Å². The van der Waals surface area contributed by atoms with Crippen LogP contribution in [0.15, 0.2) is 0 Å². The summed E-state index contributed by atoms with van der Waals surface area (Å²) in [4.78, 5) is 28.0. The molecule has 5 rings (SSSR count). The molecule has 5 N–H and O–H groups in total. The van der Waals surface area contributed by atoms with Gasteiger partial charge in [0.2, 0.25) is 5.79 Å². The molecule has 0 amide bonds. The lowest BCUT2D eigenvalue weighted by Crippen LogP contribution is -2.72.